The first-order chi connectivity index (χ1) is 11.2. The summed E-state index contributed by atoms with van der Waals surface area (Å²) >= 11 is 0. The number of benzene rings is 1. The van der Waals surface area contributed by atoms with Crippen molar-refractivity contribution >= 4 is 5.91 Å². The zero-order valence-corrected chi connectivity index (χ0v) is 14.3. The molecule has 2 fully saturated rings. The molecule has 3 heteroatoms. The summed E-state index contributed by atoms with van der Waals surface area (Å²) in [5, 5.41) is 6.64. The van der Waals surface area contributed by atoms with Gasteiger partial charge in [-0.1, -0.05) is 37.3 Å². The molecule has 0 spiro atoms. The molecule has 23 heavy (non-hydrogen) atoms. The van der Waals surface area contributed by atoms with Gasteiger partial charge in [0.2, 0.25) is 5.91 Å². The van der Waals surface area contributed by atoms with E-state index in [0.717, 1.165) is 38.4 Å². The number of hydrogen-bond donors (Lipinski definition) is 2. The van der Waals surface area contributed by atoms with Crippen LogP contribution in [0.4, 0.5) is 0 Å². The van der Waals surface area contributed by atoms with Gasteiger partial charge in [0.05, 0.1) is 0 Å². The molecule has 0 bridgehead atoms. The maximum absolute atomic E-state index is 12.5. The quantitative estimate of drug-likeness (QED) is 0.896. The van der Waals surface area contributed by atoms with Gasteiger partial charge in [0.25, 0.3) is 0 Å². The average Bonchev–Trinajstić information content (AvgIpc) is 2.63. The number of amides is 1. The van der Waals surface area contributed by atoms with E-state index >= 15 is 0 Å². The summed E-state index contributed by atoms with van der Waals surface area (Å²) in [6.45, 7) is 5.09. The Bertz CT molecular complexity index is 500. The highest BCUT2D eigenvalue weighted by Gasteiger charge is 2.36. The molecule has 0 radical (unpaired) electrons. The van der Waals surface area contributed by atoms with Gasteiger partial charge < -0.3 is 10.6 Å². The molecule has 1 saturated carbocycles. The Labute approximate surface area is 140 Å². The standard InChI is InChI=1S/C20H30N2O/c1-16-7-11-20(12-8-16,18-5-3-2-4-6-18)15-22-19(23)17-9-13-21-14-10-17/h2-6,16-17,21H,7-15H2,1H3,(H,22,23). The molecule has 0 aromatic heterocycles. The first-order valence-corrected chi connectivity index (χ1v) is 9.24. The number of hydrogen-bond acceptors (Lipinski definition) is 2. The normalized spacial score (nSPS) is 29.2. The van der Waals surface area contributed by atoms with Crippen LogP contribution in [0.5, 0.6) is 0 Å². The van der Waals surface area contributed by atoms with Crippen molar-refractivity contribution in [3.05, 3.63) is 35.9 Å². The molecule has 1 aromatic carbocycles. The van der Waals surface area contributed by atoms with E-state index in [1.165, 1.54) is 31.2 Å². The molecule has 1 saturated heterocycles. The van der Waals surface area contributed by atoms with E-state index in [-0.39, 0.29) is 17.2 Å². The number of carbonyl (C=O) groups is 1. The molecule has 3 nitrogen and oxygen atoms in total. The maximum Gasteiger partial charge on any atom is 0.223 e. The van der Waals surface area contributed by atoms with E-state index in [2.05, 4.69) is 47.9 Å². The number of rotatable bonds is 4. The lowest BCUT2D eigenvalue weighted by molar-refractivity contribution is -0.126. The van der Waals surface area contributed by atoms with Crippen molar-refractivity contribution < 1.29 is 4.79 Å². The van der Waals surface area contributed by atoms with Crippen molar-refractivity contribution in [1.82, 2.24) is 10.6 Å². The van der Waals surface area contributed by atoms with Crippen LogP contribution >= 0.6 is 0 Å². The van der Waals surface area contributed by atoms with Gasteiger partial charge in [0.1, 0.15) is 0 Å². The third-order valence-electron chi connectivity index (χ3n) is 5.93. The average molecular weight is 314 g/mol. The van der Waals surface area contributed by atoms with Crippen LogP contribution in [0.25, 0.3) is 0 Å². The van der Waals surface area contributed by atoms with E-state index in [9.17, 15) is 4.79 Å². The molecule has 126 valence electrons. The number of piperidine rings is 1. The summed E-state index contributed by atoms with van der Waals surface area (Å²) in [4.78, 5) is 12.5. The molecule has 2 N–H and O–H groups in total. The first kappa shape index (κ1) is 16.5. The second kappa shape index (κ2) is 7.48. The van der Waals surface area contributed by atoms with Crippen LogP contribution in [-0.4, -0.2) is 25.5 Å². The predicted octanol–water partition coefficient (Wildman–Crippen LogP) is 3.25. The highest BCUT2D eigenvalue weighted by molar-refractivity contribution is 5.78. The molecule has 0 unspecified atom stereocenters. The lowest BCUT2D eigenvalue weighted by Gasteiger charge is -2.40. The van der Waals surface area contributed by atoms with Crippen LogP contribution in [0.1, 0.15) is 51.0 Å². The summed E-state index contributed by atoms with van der Waals surface area (Å²) < 4.78 is 0. The van der Waals surface area contributed by atoms with Crippen LogP contribution in [0.15, 0.2) is 30.3 Å². The second-order valence-electron chi connectivity index (χ2n) is 7.57. The predicted molar refractivity (Wildman–Crippen MR) is 94.4 cm³/mol. The van der Waals surface area contributed by atoms with Gasteiger partial charge in [-0.05, 0) is 63.1 Å². The monoisotopic (exact) mass is 314 g/mol. The molecule has 1 aliphatic carbocycles. The van der Waals surface area contributed by atoms with Crippen molar-refractivity contribution in [2.45, 2.75) is 50.9 Å². The van der Waals surface area contributed by atoms with Gasteiger partial charge in [-0.3, -0.25) is 4.79 Å². The van der Waals surface area contributed by atoms with Gasteiger partial charge in [0, 0.05) is 17.9 Å². The largest absolute Gasteiger partial charge is 0.355 e. The van der Waals surface area contributed by atoms with E-state index in [1.54, 1.807) is 0 Å². The number of nitrogens with one attached hydrogen (secondary N) is 2. The molecule has 1 aromatic rings. The van der Waals surface area contributed by atoms with Crippen molar-refractivity contribution in [2.24, 2.45) is 11.8 Å². The van der Waals surface area contributed by atoms with E-state index in [1.807, 2.05) is 0 Å². The Kier molecular flexibility index (Phi) is 5.37. The SMILES string of the molecule is CC1CCC(CNC(=O)C2CCNCC2)(c2ccccc2)CC1. The topological polar surface area (TPSA) is 41.1 Å². The Morgan fingerprint density at radius 2 is 1.78 bits per heavy atom. The Morgan fingerprint density at radius 3 is 2.43 bits per heavy atom. The van der Waals surface area contributed by atoms with Crippen LogP contribution < -0.4 is 10.6 Å². The molecule has 2 aliphatic rings. The first-order valence-electron chi connectivity index (χ1n) is 9.24. The molecular formula is C20H30N2O. The third kappa shape index (κ3) is 3.95. The van der Waals surface area contributed by atoms with Crippen LogP contribution in [0.3, 0.4) is 0 Å². The summed E-state index contributed by atoms with van der Waals surface area (Å²) in [5.74, 6) is 1.28. The lowest BCUT2D eigenvalue weighted by atomic mass is 9.67. The minimum Gasteiger partial charge on any atom is -0.355 e. The van der Waals surface area contributed by atoms with Gasteiger partial charge in [0.15, 0.2) is 0 Å². The van der Waals surface area contributed by atoms with Crippen LogP contribution in [-0.2, 0) is 10.2 Å². The summed E-state index contributed by atoms with van der Waals surface area (Å²) in [5.41, 5.74) is 1.54. The van der Waals surface area contributed by atoms with Crippen LogP contribution in [0, 0.1) is 11.8 Å². The number of carbonyl (C=O) groups excluding carboxylic acids is 1. The molecule has 3 rings (SSSR count). The van der Waals surface area contributed by atoms with Crippen molar-refractivity contribution in [3.63, 3.8) is 0 Å². The molecule has 0 atom stereocenters. The molecule has 1 heterocycles. The summed E-state index contributed by atoms with van der Waals surface area (Å²) in [7, 11) is 0. The minimum absolute atomic E-state index is 0.135. The van der Waals surface area contributed by atoms with E-state index in [0.29, 0.717) is 0 Å². The fourth-order valence-electron chi connectivity index (χ4n) is 4.16. The second-order valence-corrected chi connectivity index (χ2v) is 7.57. The molecule has 1 aliphatic heterocycles. The minimum atomic E-state index is 0.135. The van der Waals surface area contributed by atoms with Crippen molar-refractivity contribution in [3.8, 4) is 0 Å². The molecular weight excluding hydrogens is 284 g/mol. The Hall–Kier alpha value is -1.35. The zero-order chi connectivity index (χ0) is 16.1. The Morgan fingerprint density at radius 1 is 1.13 bits per heavy atom. The fraction of sp³-hybridized carbons (Fsp3) is 0.650. The van der Waals surface area contributed by atoms with E-state index < -0.39 is 0 Å². The fourth-order valence-corrected chi connectivity index (χ4v) is 4.16. The highest BCUT2D eigenvalue weighted by atomic mass is 16.1. The van der Waals surface area contributed by atoms with Gasteiger partial charge in [-0.25, -0.2) is 0 Å². The highest BCUT2D eigenvalue weighted by Crippen LogP contribution is 2.41. The van der Waals surface area contributed by atoms with Crippen molar-refractivity contribution in [2.75, 3.05) is 19.6 Å². The van der Waals surface area contributed by atoms with Gasteiger partial charge in [-0.2, -0.15) is 0 Å². The Balaban J connectivity index is 1.68. The van der Waals surface area contributed by atoms with Crippen molar-refractivity contribution in [1.29, 1.82) is 0 Å². The summed E-state index contributed by atoms with van der Waals surface area (Å²) in [6.07, 6.45) is 6.84. The molecule has 1 amide bonds. The third-order valence-corrected chi connectivity index (χ3v) is 5.93. The van der Waals surface area contributed by atoms with E-state index in [4.69, 9.17) is 0 Å². The smallest absolute Gasteiger partial charge is 0.223 e. The van der Waals surface area contributed by atoms with Gasteiger partial charge >= 0.3 is 0 Å². The maximum atomic E-state index is 12.5. The van der Waals surface area contributed by atoms with Gasteiger partial charge in [-0.15, -0.1) is 0 Å². The summed E-state index contributed by atoms with van der Waals surface area (Å²) in [6, 6.07) is 10.8. The van der Waals surface area contributed by atoms with Crippen LogP contribution in [0.2, 0.25) is 0 Å². The lowest BCUT2D eigenvalue weighted by Crippen LogP contribution is -2.46. The zero-order valence-electron chi connectivity index (χ0n) is 14.3.